The Labute approximate surface area is 106 Å². The second-order valence-electron chi connectivity index (χ2n) is 4.71. The van der Waals surface area contributed by atoms with E-state index in [1.165, 1.54) is 5.69 Å². The smallest absolute Gasteiger partial charge is 0.294 e. The Morgan fingerprint density at radius 1 is 1.22 bits per heavy atom. The van der Waals surface area contributed by atoms with Crippen LogP contribution < -0.4 is 9.64 Å². The molecule has 5 heteroatoms. The average Bonchev–Trinajstić information content (AvgIpc) is 2.82. The highest BCUT2D eigenvalue weighted by Crippen LogP contribution is 2.27. The molecule has 0 aliphatic carbocycles. The Kier molecular flexibility index (Phi) is 2.83. The van der Waals surface area contributed by atoms with Gasteiger partial charge < -0.3 is 19.5 Å². The van der Waals surface area contributed by atoms with Gasteiger partial charge >= 0.3 is 0 Å². The molecule has 1 N–H and O–H groups in total. The van der Waals surface area contributed by atoms with E-state index < -0.39 is 0 Å². The van der Waals surface area contributed by atoms with Crippen LogP contribution in [0.1, 0.15) is 0 Å². The quantitative estimate of drug-likeness (QED) is 0.868. The highest BCUT2D eigenvalue weighted by molar-refractivity contribution is 5.89. The number of H-pyrrole nitrogens is 1. The summed E-state index contributed by atoms with van der Waals surface area (Å²) in [5.74, 6) is 0. The molecule has 18 heavy (non-hydrogen) atoms. The number of piperazine rings is 1. The molecule has 0 amide bonds. The maximum atomic E-state index is 5.17. The van der Waals surface area contributed by atoms with Crippen molar-refractivity contribution in [2.24, 2.45) is 0 Å². The van der Waals surface area contributed by atoms with Gasteiger partial charge in [-0.2, -0.15) is 4.98 Å². The fraction of sp³-hybridized carbons (Fsp3) is 0.462. The van der Waals surface area contributed by atoms with E-state index in [4.69, 9.17) is 4.74 Å². The molecule has 0 saturated carbocycles. The standard InChI is InChI=1S/C13H18N4O/c1-16-6-8-17(9-7-16)11-5-3-4-10-12(11)15-13(14-10)18-2/h3-5H,6-9H2,1-2H3,(H,14,15). The molecule has 3 rings (SSSR count). The van der Waals surface area contributed by atoms with Crippen LogP contribution in [0, 0.1) is 0 Å². The summed E-state index contributed by atoms with van der Waals surface area (Å²) in [7, 11) is 3.79. The van der Waals surface area contributed by atoms with E-state index in [0.29, 0.717) is 6.01 Å². The Morgan fingerprint density at radius 3 is 2.72 bits per heavy atom. The summed E-state index contributed by atoms with van der Waals surface area (Å²) in [6.45, 7) is 4.28. The third-order valence-electron chi connectivity index (χ3n) is 3.51. The van der Waals surface area contributed by atoms with Gasteiger partial charge in [-0.15, -0.1) is 0 Å². The van der Waals surface area contributed by atoms with Gasteiger partial charge in [0.25, 0.3) is 6.01 Å². The van der Waals surface area contributed by atoms with Gasteiger partial charge in [0.2, 0.25) is 0 Å². The molecule has 0 unspecified atom stereocenters. The minimum absolute atomic E-state index is 0.576. The second-order valence-corrected chi connectivity index (χ2v) is 4.71. The van der Waals surface area contributed by atoms with E-state index in [1.807, 2.05) is 6.07 Å². The first-order valence-electron chi connectivity index (χ1n) is 6.24. The number of benzene rings is 1. The summed E-state index contributed by atoms with van der Waals surface area (Å²) >= 11 is 0. The van der Waals surface area contributed by atoms with Gasteiger partial charge in [-0.05, 0) is 19.2 Å². The molecule has 1 aliphatic rings. The molecule has 1 saturated heterocycles. The van der Waals surface area contributed by atoms with E-state index in [2.05, 4.69) is 38.9 Å². The fourth-order valence-corrected chi connectivity index (χ4v) is 2.39. The van der Waals surface area contributed by atoms with Crippen molar-refractivity contribution in [1.82, 2.24) is 14.9 Å². The summed E-state index contributed by atoms with van der Waals surface area (Å²) in [5, 5.41) is 0. The SMILES string of the molecule is COc1nc2c(N3CCN(C)CC3)cccc2[nH]1. The Hall–Kier alpha value is -1.75. The molecule has 0 bridgehead atoms. The number of likely N-dealkylation sites (N-methyl/N-ethyl adjacent to an activating group) is 1. The predicted octanol–water partition coefficient (Wildman–Crippen LogP) is 1.32. The monoisotopic (exact) mass is 246 g/mol. The number of anilines is 1. The van der Waals surface area contributed by atoms with Gasteiger partial charge in [-0.1, -0.05) is 6.07 Å². The number of hydrogen-bond donors (Lipinski definition) is 1. The second kappa shape index (κ2) is 4.49. The van der Waals surface area contributed by atoms with Crippen LogP contribution in [0.25, 0.3) is 11.0 Å². The highest BCUT2D eigenvalue weighted by Gasteiger charge is 2.17. The Morgan fingerprint density at radius 2 is 2.00 bits per heavy atom. The minimum Gasteiger partial charge on any atom is -0.468 e. The summed E-state index contributed by atoms with van der Waals surface area (Å²) in [6.07, 6.45) is 0. The molecule has 1 aromatic carbocycles. The van der Waals surface area contributed by atoms with Gasteiger partial charge in [0.05, 0.1) is 18.3 Å². The lowest BCUT2D eigenvalue weighted by Gasteiger charge is -2.34. The number of nitrogens with one attached hydrogen (secondary N) is 1. The number of rotatable bonds is 2. The molecule has 1 fully saturated rings. The number of ether oxygens (including phenoxy) is 1. The van der Waals surface area contributed by atoms with Gasteiger partial charge in [-0.3, -0.25) is 0 Å². The van der Waals surface area contributed by atoms with Gasteiger partial charge in [0.1, 0.15) is 5.52 Å². The van der Waals surface area contributed by atoms with Crippen molar-refractivity contribution < 1.29 is 4.74 Å². The molecule has 1 aromatic heterocycles. The predicted molar refractivity (Wildman–Crippen MR) is 72.4 cm³/mol. The number of imidazole rings is 1. The maximum Gasteiger partial charge on any atom is 0.294 e. The third-order valence-corrected chi connectivity index (χ3v) is 3.51. The van der Waals surface area contributed by atoms with Crippen LogP contribution in [-0.2, 0) is 0 Å². The largest absolute Gasteiger partial charge is 0.468 e. The fourth-order valence-electron chi connectivity index (χ4n) is 2.39. The topological polar surface area (TPSA) is 44.4 Å². The maximum absolute atomic E-state index is 5.17. The van der Waals surface area contributed by atoms with Crippen LogP contribution in [-0.4, -0.2) is 55.2 Å². The number of nitrogens with zero attached hydrogens (tertiary/aromatic N) is 3. The number of para-hydroxylation sites is 1. The summed E-state index contributed by atoms with van der Waals surface area (Å²) in [5.41, 5.74) is 3.22. The first-order valence-corrected chi connectivity index (χ1v) is 6.24. The van der Waals surface area contributed by atoms with E-state index in [0.717, 1.165) is 37.2 Å². The van der Waals surface area contributed by atoms with Crippen molar-refractivity contribution >= 4 is 16.7 Å². The minimum atomic E-state index is 0.576. The van der Waals surface area contributed by atoms with Crippen molar-refractivity contribution in [2.75, 3.05) is 45.2 Å². The number of methoxy groups -OCH3 is 1. The van der Waals surface area contributed by atoms with Gasteiger partial charge in [0, 0.05) is 26.2 Å². The first-order chi connectivity index (χ1) is 8.78. The zero-order valence-electron chi connectivity index (χ0n) is 10.8. The molecule has 0 radical (unpaired) electrons. The lowest BCUT2D eigenvalue weighted by molar-refractivity contribution is 0.313. The van der Waals surface area contributed by atoms with Crippen LogP contribution >= 0.6 is 0 Å². The lowest BCUT2D eigenvalue weighted by Crippen LogP contribution is -2.44. The average molecular weight is 246 g/mol. The number of fused-ring (bicyclic) bond motifs is 1. The van der Waals surface area contributed by atoms with E-state index in [-0.39, 0.29) is 0 Å². The molecule has 2 heterocycles. The molecule has 5 nitrogen and oxygen atoms in total. The first kappa shape index (κ1) is 11.3. The normalized spacial score (nSPS) is 17.3. The summed E-state index contributed by atoms with van der Waals surface area (Å²) in [6, 6.07) is 6.80. The Balaban J connectivity index is 1.98. The van der Waals surface area contributed by atoms with Crippen molar-refractivity contribution in [3.05, 3.63) is 18.2 Å². The van der Waals surface area contributed by atoms with E-state index >= 15 is 0 Å². The van der Waals surface area contributed by atoms with Crippen LogP contribution in [0.3, 0.4) is 0 Å². The summed E-state index contributed by atoms with van der Waals surface area (Å²) in [4.78, 5) is 12.4. The van der Waals surface area contributed by atoms with Crippen molar-refractivity contribution in [3.63, 3.8) is 0 Å². The van der Waals surface area contributed by atoms with Crippen LogP contribution in [0.2, 0.25) is 0 Å². The zero-order chi connectivity index (χ0) is 12.5. The zero-order valence-corrected chi connectivity index (χ0v) is 10.8. The summed E-state index contributed by atoms with van der Waals surface area (Å²) < 4.78 is 5.17. The lowest BCUT2D eigenvalue weighted by atomic mass is 10.2. The van der Waals surface area contributed by atoms with Crippen molar-refractivity contribution in [1.29, 1.82) is 0 Å². The van der Waals surface area contributed by atoms with Crippen molar-refractivity contribution in [2.45, 2.75) is 0 Å². The molecular formula is C13H18N4O. The molecule has 2 aromatic rings. The molecular weight excluding hydrogens is 228 g/mol. The van der Waals surface area contributed by atoms with Crippen molar-refractivity contribution in [3.8, 4) is 6.01 Å². The number of aromatic nitrogens is 2. The molecule has 0 atom stereocenters. The molecule has 0 spiro atoms. The van der Waals surface area contributed by atoms with E-state index in [1.54, 1.807) is 7.11 Å². The van der Waals surface area contributed by atoms with E-state index in [9.17, 15) is 0 Å². The Bertz CT molecular complexity index is 543. The van der Waals surface area contributed by atoms with Crippen LogP contribution in [0.15, 0.2) is 18.2 Å². The third kappa shape index (κ3) is 1.90. The van der Waals surface area contributed by atoms with Crippen LogP contribution in [0.5, 0.6) is 6.01 Å². The highest BCUT2D eigenvalue weighted by atomic mass is 16.5. The number of hydrogen-bond acceptors (Lipinski definition) is 4. The van der Waals surface area contributed by atoms with Gasteiger partial charge in [0.15, 0.2) is 0 Å². The van der Waals surface area contributed by atoms with Crippen LogP contribution in [0.4, 0.5) is 5.69 Å². The van der Waals surface area contributed by atoms with Gasteiger partial charge in [-0.25, -0.2) is 0 Å². The number of aromatic amines is 1. The molecule has 1 aliphatic heterocycles. The molecule has 96 valence electrons.